The van der Waals surface area contributed by atoms with Gasteiger partial charge in [-0.15, -0.1) is 0 Å². The molecule has 38 heavy (non-hydrogen) atoms. The quantitative estimate of drug-likeness (QED) is 0.173. The molecule has 0 amide bonds. The van der Waals surface area contributed by atoms with Crippen LogP contribution in [0, 0.1) is 0 Å². The fraction of sp³-hybridized carbons (Fsp3) is 0.355. The van der Waals surface area contributed by atoms with Crippen molar-refractivity contribution in [2.24, 2.45) is 0 Å². The van der Waals surface area contributed by atoms with E-state index < -0.39 is 20.4 Å². The van der Waals surface area contributed by atoms with E-state index in [1.165, 1.54) is 17.3 Å². The van der Waals surface area contributed by atoms with E-state index in [1.807, 2.05) is 30.3 Å². The second-order valence-corrected chi connectivity index (χ2v) is 14.4. The number of benzene rings is 3. The van der Waals surface area contributed by atoms with Gasteiger partial charge in [-0.1, -0.05) is 112 Å². The van der Waals surface area contributed by atoms with Crippen LogP contribution in [-0.2, 0) is 28.2 Å². The van der Waals surface area contributed by atoms with Gasteiger partial charge in [-0.25, -0.2) is 4.79 Å². The van der Waals surface area contributed by atoms with Crippen molar-refractivity contribution in [2.75, 3.05) is 33.0 Å². The van der Waals surface area contributed by atoms with Crippen LogP contribution in [0.1, 0.15) is 39.4 Å². The first-order valence-electron chi connectivity index (χ1n) is 12.9. The molecule has 0 radical (unpaired) electrons. The number of Topliss-reactive ketones (excluding diaryl/α,β-unsaturated/α-hetero) is 1. The van der Waals surface area contributed by atoms with Crippen LogP contribution in [0.4, 0.5) is 0 Å². The zero-order chi connectivity index (χ0) is 27.4. The highest BCUT2D eigenvalue weighted by Gasteiger charge is 2.50. The van der Waals surface area contributed by atoms with Crippen molar-refractivity contribution < 1.29 is 28.2 Å². The summed E-state index contributed by atoms with van der Waals surface area (Å²) in [5.41, 5.74) is 0.663. The molecule has 1 atom stereocenters. The molecule has 7 heteroatoms. The first kappa shape index (κ1) is 29.5. The highest BCUT2D eigenvalue weighted by atomic mass is 28.4. The largest absolute Gasteiger partial charge is 0.456 e. The zero-order valence-electron chi connectivity index (χ0n) is 22.7. The Labute approximate surface area is 227 Å². The summed E-state index contributed by atoms with van der Waals surface area (Å²) in [6.45, 7) is 9.10. The normalized spacial score (nSPS) is 12.6. The third-order valence-electron chi connectivity index (χ3n) is 6.21. The Bertz CT molecular complexity index is 1090. The molecule has 3 rings (SSSR count). The number of hydrogen-bond acceptors (Lipinski definition) is 6. The van der Waals surface area contributed by atoms with Crippen molar-refractivity contribution >= 4 is 30.4 Å². The molecule has 202 valence electrons. The number of ether oxygens (including phenoxy) is 3. The Morgan fingerprint density at radius 1 is 0.737 bits per heavy atom. The maximum Gasteiger partial charge on any atom is 0.340 e. The maximum atomic E-state index is 12.5. The number of carbonyl (C=O) groups is 2. The van der Waals surface area contributed by atoms with E-state index in [1.54, 1.807) is 12.1 Å². The molecule has 0 aromatic heterocycles. The maximum absolute atomic E-state index is 12.5. The average molecular weight is 535 g/mol. The molecule has 0 saturated heterocycles. The van der Waals surface area contributed by atoms with Gasteiger partial charge in [-0.3, -0.25) is 4.79 Å². The standard InChI is InChI=1S/C31H38O6Si/c1-25(32)24-36-30(33)29(26-14-8-5-9-15-26)35-22-20-34-21-23-37-38(31(2,3)4,27-16-10-6-11-17-27)28-18-12-7-13-19-28/h5-19,29H,20-24H2,1-4H3. The van der Waals surface area contributed by atoms with Gasteiger partial charge in [0.15, 0.2) is 11.9 Å². The van der Waals surface area contributed by atoms with Crippen molar-refractivity contribution in [1.82, 2.24) is 0 Å². The number of carbonyl (C=O) groups excluding carboxylic acids is 2. The minimum Gasteiger partial charge on any atom is -0.456 e. The second-order valence-electron chi connectivity index (χ2n) is 10.1. The monoisotopic (exact) mass is 534 g/mol. The molecule has 0 aliphatic heterocycles. The summed E-state index contributed by atoms with van der Waals surface area (Å²) in [6, 6.07) is 30.0. The molecule has 0 N–H and O–H groups in total. The molecule has 0 saturated carbocycles. The SMILES string of the molecule is CC(=O)COC(=O)C(OCCOCCO[Si](c1ccccc1)(c1ccccc1)C(C)(C)C)c1ccccc1. The highest BCUT2D eigenvalue weighted by Crippen LogP contribution is 2.36. The van der Waals surface area contributed by atoms with Gasteiger partial charge in [0.05, 0.1) is 26.4 Å². The fourth-order valence-corrected chi connectivity index (χ4v) is 9.06. The Balaban J connectivity index is 1.60. The Kier molecular flexibility index (Phi) is 11.0. The molecule has 0 spiro atoms. The van der Waals surface area contributed by atoms with Crippen LogP contribution in [0.15, 0.2) is 91.0 Å². The zero-order valence-corrected chi connectivity index (χ0v) is 23.7. The molecule has 0 fully saturated rings. The molecule has 3 aromatic rings. The van der Waals surface area contributed by atoms with E-state index in [2.05, 4.69) is 69.3 Å². The molecule has 0 heterocycles. The van der Waals surface area contributed by atoms with Crippen LogP contribution in [-0.4, -0.2) is 53.1 Å². The lowest BCUT2D eigenvalue weighted by Crippen LogP contribution is -2.66. The Morgan fingerprint density at radius 3 is 1.74 bits per heavy atom. The predicted molar refractivity (Wildman–Crippen MR) is 151 cm³/mol. The summed E-state index contributed by atoms with van der Waals surface area (Å²) >= 11 is 0. The lowest BCUT2D eigenvalue weighted by atomic mass is 10.1. The number of esters is 1. The van der Waals surface area contributed by atoms with Gasteiger partial charge in [-0.2, -0.15) is 0 Å². The summed E-state index contributed by atoms with van der Waals surface area (Å²) < 4.78 is 23.6. The minimum atomic E-state index is -2.61. The summed E-state index contributed by atoms with van der Waals surface area (Å²) in [4.78, 5) is 23.8. The second kappa shape index (κ2) is 14.2. The van der Waals surface area contributed by atoms with Crippen molar-refractivity contribution in [3.05, 3.63) is 96.6 Å². The number of ketones is 1. The number of rotatable bonds is 14. The van der Waals surface area contributed by atoms with Crippen LogP contribution in [0.5, 0.6) is 0 Å². The van der Waals surface area contributed by atoms with Crippen LogP contribution in [0.2, 0.25) is 5.04 Å². The summed E-state index contributed by atoms with van der Waals surface area (Å²) in [6.07, 6.45) is -0.924. The average Bonchev–Trinajstić information content (AvgIpc) is 2.92. The summed E-state index contributed by atoms with van der Waals surface area (Å²) in [7, 11) is -2.61. The number of hydrogen-bond donors (Lipinski definition) is 0. The highest BCUT2D eigenvalue weighted by molar-refractivity contribution is 6.99. The van der Waals surface area contributed by atoms with Crippen molar-refractivity contribution in [3.8, 4) is 0 Å². The first-order chi connectivity index (χ1) is 18.3. The fourth-order valence-electron chi connectivity index (χ4n) is 4.52. The third kappa shape index (κ3) is 7.71. The van der Waals surface area contributed by atoms with Gasteiger partial charge in [0.2, 0.25) is 0 Å². The molecule has 6 nitrogen and oxygen atoms in total. The molecule has 0 aliphatic rings. The van der Waals surface area contributed by atoms with Crippen molar-refractivity contribution in [2.45, 2.75) is 38.8 Å². The van der Waals surface area contributed by atoms with Crippen LogP contribution in [0.25, 0.3) is 0 Å². The van der Waals surface area contributed by atoms with Crippen LogP contribution < -0.4 is 10.4 Å². The molecule has 0 bridgehead atoms. The molecular formula is C31H38O6Si. The van der Waals surface area contributed by atoms with Crippen molar-refractivity contribution in [1.29, 1.82) is 0 Å². The van der Waals surface area contributed by atoms with Gasteiger partial charge in [-0.05, 0) is 27.9 Å². The van der Waals surface area contributed by atoms with E-state index in [-0.39, 0.29) is 30.6 Å². The Hall–Kier alpha value is -3.10. The molecular weight excluding hydrogens is 496 g/mol. The predicted octanol–water partition coefficient (Wildman–Crippen LogP) is 4.47. The van der Waals surface area contributed by atoms with E-state index in [0.29, 0.717) is 18.8 Å². The van der Waals surface area contributed by atoms with Gasteiger partial charge < -0.3 is 18.6 Å². The van der Waals surface area contributed by atoms with E-state index in [0.717, 1.165) is 0 Å². The van der Waals surface area contributed by atoms with Gasteiger partial charge in [0.25, 0.3) is 8.32 Å². The lowest BCUT2D eigenvalue weighted by Gasteiger charge is -2.43. The van der Waals surface area contributed by atoms with Crippen LogP contribution in [0.3, 0.4) is 0 Å². The van der Waals surface area contributed by atoms with E-state index >= 15 is 0 Å². The molecule has 1 unspecified atom stereocenters. The van der Waals surface area contributed by atoms with Crippen molar-refractivity contribution in [3.63, 3.8) is 0 Å². The smallest absolute Gasteiger partial charge is 0.340 e. The summed E-state index contributed by atoms with van der Waals surface area (Å²) in [5.74, 6) is -0.823. The molecule has 0 aliphatic carbocycles. The topological polar surface area (TPSA) is 71.1 Å². The first-order valence-corrected chi connectivity index (χ1v) is 14.8. The third-order valence-corrected chi connectivity index (χ3v) is 11.3. The summed E-state index contributed by atoms with van der Waals surface area (Å²) in [5, 5.41) is 2.33. The van der Waals surface area contributed by atoms with Gasteiger partial charge in [0.1, 0.15) is 6.61 Å². The van der Waals surface area contributed by atoms with Crippen LogP contribution >= 0.6 is 0 Å². The van der Waals surface area contributed by atoms with Gasteiger partial charge in [0, 0.05) is 0 Å². The van der Waals surface area contributed by atoms with Gasteiger partial charge >= 0.3 is 5.97 Å². The van der Waals surface area contributed by atoms with E-state index in [9.17, 15) is 9.59 Å². The van der Waals surface area contributed by atoms with E-state index in [4.69, 9.17) is 18.6 Å². The molecule has 3 aromatic carbocycles. The minimum absolute atomic E-state index is 0.109. The lowest BCUT2D eigenvalue weighted by molar-refractivity contribution is -0.161. The Morgan fingerprint density at radius 2 is 1.24 bits per heavy atom.